The molecule has 0 saturated carbocycles. The lowest BCUT2D eigenvalue weighted by Gasteiger charge is -2.39. The molecule has 2 amide bonds. The Morgan fingerprint density at radius 3 is 2.76 bits per heavy atom. The van der Waals surface area contributed by atoms with E-state index in [0.717, 1.165) is 30.5 Å². The van der Waals surface area contributed by atoms with E-state index in [-0.39, 0.29) is 12.1 Å². The van der Waals surface area contributed by atoms with E-state index < -0.39 is 0 Å². The number of aryl methyl sites for hydroxylation is 1. The van der Waals surface area contributed by atoms with E-state index in [1.165, 1.54) is 22.7 Å². The van der Waals surface area contributed by atoms with Crippen molar-refractivity contribution in [2.75, 3.05) is 31.1 Å². The summed E-state index contributed by atoms with van der Waals surface area (Å²) in [6.45, 7) is 9.05. The van der Waals surface area contributed by atoms with E-state index in [1.807, 2.05) is 11.8 Å². The first kappa shape index (κ1) is 17.7. The second-order valence-corrected chi connectivity index (χ2v) is 7.21. The van der Waals surface area contributed by atoms with Gasteiger partial charge in [-0.1, -0.05) is 29.8 Å². The molecule has 1 N–H and O–H groups in total. The number of urea groups is 1. The van der Waals surface area contributed by atoms with Crippen LogP contribution in [0.3, 0.4) is 0 Å². The van der Waals surface area contributed by atoms with Gasteiger partial charge in [0.05, 0.1) is 0 Å². The minimum Gasteiger partial charge on any atom is -0.343 e. The topological polar surface area (TPSA) is 61.4 Å². The van der Waals surface area contributed by atoms with E-state index in [1.54, 1.807) is 0 Å². The van der Waals surface area contributed by atoms with Crippen LogP contribution in [0.15, 0.2) is 24.3 Å². The summed E-state index contributed by atoms with van der Waals surface area (Å²) in [7, 11) is 0. The Bertz CT molecular complexity index is 715. The molecule has 0 radical (unpaired) electrons. The van der Waals surface area contributed by atoms with Gasteiger partial charge in [0.15, 0.2) is 0 Å². The summed E-state index contributed by atoms with van der Waals surface area (Å²) in [5.74, 6) is 0.864. The summed E-state index contributed by atoms with van der Waals surface area (Å²) >= 11 is 1.45. The van der Waals surface area contributed by atoms with Gasteiger partial charge in [0, 0.05) is 50.2 Å². The van der Waals surface area contributed by atoms with E-state index in [0.29, 0.717) is 13.1 Å². The second-order valence-electron chi connectivity index (χ2n) is 6.48. The van der Waals surface area contributed by atoms with Gasteiger partial charge in [0.1, 0.15) is 5.82 Å². The van der Waals surface area contributed by atoms with Gasteiger partial charge in [-0.15, -0.1) is 0 Å². The SMILES string of the molecule is CCNC(=O)N1CCN(c2nc(Cc3ccc(C)cc3)ns2)C[C@@H]1C. The molecule has 0 aliphatic carbocycles. The van der Waals surface area contributed by atoms with Gasteiger partial charge in [-0.25, -0.2) is 9.78 Å². The van der Waals surface area contributed by atoms with Gasteiger partial charge in [-0.05, 0) is 26.3 Å². The number of rotatable bonds is 4. The summed E-state index contributed by atoms with van der Waals surface area (Å²) in [6, 6.07) is 8.67. The second kappa shape index (κ2) is 7.82. The molecule has 3 rings (SSSR count). The van der Waals surface area contributed by atoms with Crippen molar-refractivity contribution in [3.8, 4) is 0 Å². The highest BCUT2D eigenvalue weighted by atomic mass is 32.1. The Balaban J connectivity index is 1.61. The molecule has 1 aromatic heterocycles. The van der Waals surface area contributed by atoms with E-state index >= 15 is 0 Å². The van der Waals surface area contributed by atoms with Crippen molar-refractivity contribution in [2.24, 2.45) is 0 Å². The number of hydrogen-bond donors (Lipinski definition) is 1. The van der Waals surface area contributed by atoms with Crippen LogP contribution in [0, 0.1) is 6.92 Å². The molecular weight excluding hydrogens is 334 g/mol. The Labute approximate surface area is 153 Å². The Morgan fingerprint density at radius 1 is 1.32 bits per heavy atom. The fourth-order valence-corrected chi connectivity index (χ4v) is 3.74. The highest BCUT2D eigenvalue weighted by Crippen LogP contribution is 2.22. The van der Waals surface area contributed by atoms with Gasteiger partial charge < -0.3 is 15.1 Å². The van der Waals surface area contributed by atoms with Gasteiger partial charge in [-0.2, -0.15) is 4.37 Å². The predicted molar refractivity (Wildman–Crippen MR) is 101 cm³/mol. The average Bonchev–Trinajstić information content (AvgIpc) is 3.05. The summed E-state index contributed by atoms with van der Waals surface area (Å²) in [6.07, 6.45) is 0.755. The molecule has 2 heterocycles. The van der Waals surface area contributed by atoms with Gasteiger partial charge in [0.25, 0.3) is 0 Å². The van der Waals surface area contributed by atoms with Gasteiger partial charge in [-0.3, -0.25) is 0 Å². The number of aromatic nitrogens is 2. The predicted octanol–water partition coefficient (Wildman–Crippen LogP) is 2.68. The molecule has 1 saturated heterocycles. The zero-order chi connectivity index (χ0) is 17.8. The molecule has 1 fully saturated rings. The fraction of sp³-hybridized carbons (Fsp3) is 0.500. The van der Waals surface area contributed by atoms with Gasteiger partial charge >= 0.3 is 6.03 Å². The van der Waals surface area contributed by atoms with E-state index in [2.05, 4.69) is 52.7 Å². The van der Waals surface area contributed by atoms with Crippen LogP contribution in [0.4, 0.5) is 9.93 Å². The molecule has 1 aromatic carbocycles. The quantitative estimate of drug-likeness (QED) is 0.912. The molecule has 7 heteroatoms. The smallest absolute Gasteiger partial charge is 0.317 e. The van der Waals surface area contributed by atoms with Crippen molar-refractivity contribution < 1.29 is 4.79 Å². The van der Waals surface area contributed by atoms with E-state index in [4.69, 9.17) is 4.98 Å². The van der Waals surface area contributed by atoms with Crippen LogP contribution >= 0.6 is 11.5 Å². The number of nitrogens with one attached hydrogen (secondary N) is 1. The van der Waals surface area contributed by atoms with Crippen LogP contribution in [-0.2, 0) is 6.42 Å². The number of carbonyl (C=O) groups excluding carboxylic acids is 1. The molecule has 1 aliphatic heterocycles. The highest BCUT2D eigenvalue weighted by molar-refractivity contribution is 7.09. The molecule has 0 spiro atoms. The molecule has 1 aliphatic rings. The molecule has 1 atom stereocenters. The van der Waals surface area contributed by atoms with Crippen LogP contribution in [0.1, 0.15) is 30.8 Å². The monoisotopic (exact) mass is 359 g/mol. The third kappa shape index (κ3) is 4.28. The lowest BCUT2D eigenvalue weighted by atomic mass is 10.1. The number of amides is 2. The van der Waals surface area contributed by atoms with Crippen molar-refractivity contribution in [3.63, 3.8) is 0 Å². The summed E-state index contributed by atoms with van der Waals surface area (Å²) in [5.41, 5.74) is 2.49. The maximum Gasteiger partial charge on any atom is 0.317 e. The summed E-state index contributed by atoms with van der Waals surface area (Å²) in [5, 5.41) is 3.83. The van der Waals surface area contributed by atoms with Crippen LogP contribution < -0.4 is 10.2 Å². The van der Waals surface area contributed by atoms with Crippen LogP contribution in [0.2, 0.25) is 0 Å². The van der Waals surface area contributed by atoms with Crippen LogP contribution in [0.5, 0.6) is 0 Å². The zero-order valence-electron chi connectivity index (χ0n) is 15.0. The molecule has 0 unspecified atom stereocenters. The standard InChI is InChI=1S/C18H25N5OS/c1-4-19-17(24)23-10-9-22(12-14(23)3)18-20-16(21-25-18)11-15-7-5-13(2)6-8-15/h5-8,14H,4,9-12H2,1-3H3,(H,19,24)/t14-/m0/s1. The Morgan fingerprint density at radius 2 is 2.08 bits per heavy atom. The molecule has 2 aromatic rings. The number of piperazine rings is 1. The lowest BCUT2D eigenvalue weighted by molar-refractivity contribution is 0.172. The van der Waals surface area contributed by atoms with Crippen molar-refractivity contribution in [3.05, 3.63) is 41.2 Å². The minimum absolute atomic E-state index is 0.0203. The molecule has 134 valence electrons. The maximum atomic E-state index is 12.1. The van der Waals surface area contributed by atoms with E-state index in [9.17, 15) is 4.79 Å². The first-order valence-corrected chi connectivity index (χ1v) is 9.51. The number of anilines is 1. The Hall–Kier alpha value is -2.15. The number of nitrogens with zero attached hydrogens (tertiary/aromatic N) is 4. The summed E-state index contributed by atoms with van der Waals surface area (Å²) in [4.78, 5) is 20.9. The third-order valence-corrected chi connectivity index (χ3v) is 5.24. The van der Waals surface area contributed by atoms with Crippen LogP contribution in [-0.4, -0.2) is 52.5 Å². The molecule has 25 heavy (non-hydrogen) atoms. The van der Waals surface area contributed by atoms with Crippen molar-refractivity contribution in [1.29, 1.82) is 0 Å². The average molecular weight is 359 g/mol. The number of hydrogen-bond acceptors (Lipinski definition) is 5. The van der Waals surface area contributed by atoms with Crippen molar-refractivity contribution in [2.45, 2.75) is 33.2 Å². The lowest BCUT2D eigenvalue weighted by Crippen LogP contribution is -2.56. The van der Waals surface area contributed by atoms with Gasteiger partial charge in [0.2, 0.25) is 5.13 Å². The largest absolute Gasteiger partial charge is 0.343 e. The summed E-state index contributed by atoms with van der Waals surface area (Å²) < 4.78 is 4.51. The van der Waals surface area contributed by atoms with Crippen molar-refractivity contribution >= 4 is 22.7 Å². The highest BCUT2D eigenvalue weighted by Gasteiger charge is 2.28. The van der Waals surface area contributed by atoms with Crippen LogP contribution in [0.25, 0.3) is 0 Å². The first-order valence-electron chi connectivity index (χ1n) is 8.74. The molecular formula is C18H25N5OS. The third-order valence-electron chi connectivity index (χ3n) is 4.43. The number of benzene rings is 1. The first-order chi connectivity index (χ1) is 12.1. The minimum atomic E-state index is 0.0203. The maximum absolute atomic E-state index is 12.1. The van der Waals surface area contributed by atoms with Crippen molar-refractivity contribution in [1.82, 2.24) is 19.6 Å². The fourth-order valence-electron chi connectivity index (χ4n) is 3.02. The molecule has 6 nitrogen and oxygen atoms in total. The Kier molecular flexibility index (Phi) is 5.53. The zero-order valence-corrected chi connectivity index (χ0v) is 15.8. The number of carbonyl (C=O) groups is 1. The normalized spacial score (nSPS) is 17.6. The molecule has 0 bridgehead atoms.